The van der Waals surface area contributed by atoms with E-state index >= 15 is 0 Å². The first kappa shape index (κ1) is 16.7. The molecule has 0 aliphatic heterocycles. The molecule has 0 unspecified atom stereocenters. The maximum atomic E-state index is 12.3. The molecule has 0 aliphatic carbocycles. The first-order valence-electron chi connectivity index (χ1n) is 7.14. The zero-order valence-corrected chi connectivity index (χ0v) is 14.0. The fourth-order valence-corrected chi connectivity index (χ4v) is 2.84. The van der Waals surface area contributed by atoms with Crippen LogP contribution in [-0.4, -0.2) is 36.6 Å². The van der Waals surface area contributed by atoms with Crippen LogP contribution in [0, 0.1) is 0 Å². The van der Waals surface area contributed by atoms with Crippen LogP contribution in [0.4, 0.5) is 0 Å². The van der Waals surface area contributed by atoms with Crippen LogP contribution in [0.15, 0.2) is 71.2 Å². The van der Waals surface area contributed by atoms with Crippen LogP contribution in [0.1, 0.15) is 5.56 Å². The molecule has 1 aromatic heterocycles. The van der Waals surface area contributed by atoms with Gasteiger partial charge in [-0.2, -0.15) is 13.5 Å². The van der Waals surface area contributed by atoms with E-state index in [-0.39, 0.29) is 10.6 Å². The van der Waals surface area contributed by atoms with E-state index in [1.54, 1.807) is 42.6 Å². The minimum Gasteiger partial charge on any atom is -0.497 e. The standard InChI is InChI=1S/C16H14N4O4S/c1-23-14-6-8-16(9-7-14)25(21,22)24-15-4-2-13(3-5-15)10-19-20-11-17-18-12-20/h2-12H,1H3. The quantitative estimate of drug-likeness (QED) is 0.493. The molecule has 2 aromatic carbocycles. The van der Waals surface area contributed by atoms with Gasteiger partial charge in [-0.1, -0.05) is 0 Å². The van der Waals surface area contributed by atoms with Crippen LogP contribution in [0.2, 0.25) is 0 Å². The highest BCUT2D eigenvalue weighted by Crippen LogP contribution is 2.21. The molecule has 0 spiro atoms. The van der Waals surface area contributed by atoms with Gasteiger partial charge in [-0.25, -0.2) is 4.68 Å². The van der Waals surface area contributed by atoms with Crippen LogP contribution < -0.4 is 8.92 Å². The van der Waals surface area contributed by atoms with Gasteiger partial charge in [0.25, 0.3) is 0 Å². The fourth-order valence-electron chi connectivity index (χ4n) is 1.91. The van der Waals surface area contributed by atoms with Gasteiger partial charge >= 0.3 is 10.1 Å². The minimum absolute atomic E-state index is 0.0477. The molecule has 25 heavy (non-hydrogen) atoms. The Hall–Kier alpha value is -3.20. The Bertz CT molecular complexity index is 950. The van der Waals surface area contributed by atoms with E-state index in [1.165, 1.54) is 36.6 Å². The van der Waals surface area contributed by atoms with Crippen molar-refractivity contribution in [2.75, 3.05) is 7.11 Å². The van der Waals surface area contributed by atoms with Crippen molar-refractivity contribution in [1.29, 1.82) is 0 Å². The van der Waals surface area contributed by atoms with Gasteiger partial charge in [0.05, 0.1) is 13.3 Å². The Balaban J connectivity index is 1.71. The number of methoxy groups -OCH3 is 1. The molecule has 0 saturated carbocycles. The second-order valence-electron chi connectivity index (χ2n) is 4.87. The molecule has 8 nitrogen and oxygen atoms in total. The van der Waals surface area contributed by atoms with E-state index in [9.17, 15) is 8.42 Å². The number of ether oxygens (including phenoxy) is 1. The summed E-state index contributed by atoms with van der Waals surface area (Å²) >= 11 is 0. The zero-order valence-electron chi connectivity index (χ0n) is 13.2. The summed E-state index contributed by atoms with van der Waals surface area (Å²) in [6, 6.07) is 12.4. The van der Waals surface area contributed by atoms with Crippen LogP contribution in [0.5, 0.6) is 11.5 Å². The molecule has 0 N–H and O–H groups in total. The summed E-state index contributed by atoms with van der Waals surface area (Å²) in [5.74, 6) is 0.771. The lowest BCUT2D eigenvalue weighted by Crippen LogP contribution is -2.09. The third-order valence-corrected chi connectivity index (χ3v) is 4.44. The van der Waals surface area contributed by atoms with Crippen molar-refractivity contribution in [1.82, 2.24) is 14.9 Å². The lowest BCUT2D eigenvalue weighted by atomic mass is 10.2. The molecular formula is C16H14N4O4S. The van der Waals surface area contributed by atoms with Crippen LogP contribution in [0.25, 0.3) is 0 Å². The molecule has 0 fully saturated rings. The van der Waals surface area contributed by atoms with Gasteiger partial charge in [-0.15, -0.1) is 10.2 Å². The highest BCUT2D eigenvalue weighted by Gasteiger charge is 2.16. The minimum atomic E-state index is -3.91. The highest BCUT2D eigenvalue weighted by molar-refractivity contribution is 7.87. The summed E-state index contributed by atoms with van der Waals surface area (Å²) in [7, 11) is -2.40. The number of nitrogens with zero attached hydrogens (tertiary/aromatic N) is 4. The average molecular weight is 358 g/mol. The van der Waals surface area contributed by atoms with E-state index < -0.39 is 10.1 Å². The Morgan fingerprint density at radius 3 is 2.16 bits per heavy atom. The van der Waals surface area contributed by atoms with Crippen molar-refractivity contribution < 1.29 is 17.3 Å². The third kappa shape index (κ3) is 4.21. The summed E-state index contributed by atoms with van der Waals surface area (Å²) in [5, 5.41) is 11.4. The molecule has 9 heteroatoms. The summed E-state index contributed by atoms with van der Waals surface area (Å²) < 4.78 is 36.1. The maximum absolute atomic E-state index is 12.3. The van der Waals surface area contributed by atoms with Crippen molar-refractivity contribution in [3.05, 3.63) is 66.7 Å². The van der Waals surface area contributed by atoms with Crippen molar-refractivity contribution in [2.45, 2.75) is 4.90 Å². The SMILES string of the molecule is COc1ccc(S(=O)(=O)Oc2ccc(C=Nn3cnnc3)cc2)cc1. The largest absolute Gasteiger partial charge is 0.497 e. The molecule has 128 valence electrons. The molecule has 3 aromatic rings. The van der Waals surface area contributed by atoms with Crippen molar-refractivity contribution in [3.8, 4) is 11.5 Å². The number of aromatic nitrogens is 3. The smallest absolute Gasteiger partial charge is 0.339 e. The predicted molar refractivity (Wildman–Crippen MR) is 90.3 cm³/mol. The van der Waals surface area contributed by atoms with Gasteiger partial charge in [0, 0.05) is 0 Å². The van der Waals surface area contributed by atoms with Crippen molar-refractivity contribution >= 4 is 16.3 Å². The Morgan fingerprint density at radius 1 is 0.960 bits per heavy atom. The van der Waals surface area contributed by atoms with E-state index in [2.05, 4.69) is 15.3 Å². The van der Waals surface area contributed by atoms with Gasteiger partial charge in [-0.3, -0.25) is 0 Å². The number of rotatable bonds is 6. The molecular weight excluding hydrogens is 344 g/mol. The molecule has 3 rings (SSSR count). The summed E-state index contributed by atoms with van der Waals surface area (Å²) in [4.78, 5) is 0.0477. The molecule has 0 saturated heterocycles. The first-order chi connectivity index (χ1) is 12.1. The van der Waals surface area contributed by atoms with Crippen LogP contribution >= 0.6 is 0 Å². The van der Waals surface area contributed by atoms with E-state index in [4.69, 9.17) is 8.92 Å². The van der Waals surface area contributed by atoms with E-state index in [0.717, 1.165) is 5.56 Å². The lowest BCUT2D eigenvalue weighted by molar-refractivity contribution is 0.414. The fraction of sp³-hybridized carbons (Fsp3) is 0.0625. The van der Waals surface area contributed by atoms with Gasteiger partial charge in [-0.05, 0) is 54.1 Å². The summed E-state index contributed by atoms with van der Waals surface area (Å²) in [6.45, 7) is 0. The average Bonchev–Trinajstić information content (AvgIpc) is 3.14. The topological polar surface area (TPSA) is 95.7 Å². The molecule has 0 amide bonds. The molecule has 0 aliphatic rings. The first-order valence-corrected chi connectivity index (χ1v) is 8.55. The normalized spacial score (nSPS) is 11.6. The number of hydrogen-bond donors (Lipinski definition) is 0. The Labute approximate surface area is 144 Å². The Kier molecular flexibility index (Phi) is 4.75. The second kappa shape index (κ2) is 7.14. The number of benzene rings is 2. The highest BCUT2D eigenvalue weighted by atomic mass is 32.2. The van der Waals surface area contributed by atoms with Crippen LogP contribution in [0.3, 0.4) is 0 Å². The molecule has 0 atom stereocenters. The Morgan fingerprint density at radius 2 is 1.56 bits per heavy atom. The summed E-state index contributed by atoms with van der Waals surface area (Å²) in [5.41, 5.74) is 0.767. The monoisotopic (exact) mass is 358 g/mol. The second-order valence-corrected chi connectivity index (χ2v) is 6.41. The number of hydrogen-bond acceptors (Lipinski definition) is 7. The maximum Gasteiger partial charge on any atom is 0.339 e. The summed E-state index contributed by atoms with van der Waals surface area (Å²) in [6.07, 6.45) is 4.50. The van der Waals surface area contributed by atoms with E-state index in [1.807, 2.05) is 0 Å². The van der Waals surface area contributed by atoms with Gasteiger partial charge in [0.2, 0.25) is 0 Å². The van der Waals surface area contributed by atoms with Gasteiger partial charge in [0.15, 0.2) is 0 Å². The van der Waals surface area contributed by atoms with E-state index in [0.29, 0.717) is 5.75 Å². The molecule has 1 heterocycles. The van der Waals surface area contributed by atoms with Crippen molar-refractivity contribution in [2.24, 2.45) is 5.10 Å². The predicted octanol–water partition coefficient (Wildman–Crippen LogP) is 1.94. The van der Waals surface area contributed by atoms with Crippen molar-refractivity contribution in [3.63, 3.8) is 0 Å². The molecule has 0 bridgehead atoms. The van der Waals surface area contributed by atoms with Crippen LogP contribution in [-0.2, 0) is 10.1 Å². The molecule has 0 radical (unpaired) electrons. The van der Waals surface area contributed by atoms with Gasteiger partial charge < -0.3 is 8.92 Å². The lowest BCUT2D eigenvalue weighted by Gasteiger charge is -2.08. The zero-order chi connectivity index (χ0) is 17.7. The van der Waals surface area contributed by atoms with Gasteiger partial charge in [0.1, 0.15) is 29.0 Å². The third-order valence-electron chi connectivity index (χ3n) is 3.18.